The molecule has 7 nitrogen and oxygen atoms in total. The van der Waals surface area contributed by atoms with Gasteiger partial charge in [-0.3, -0.25) is 0 Å². The number of fused-ring (bicyclic) bond motifs is 1. The third kappa shape index (κ3) is 2.69. The standard InChI is InChI=1S/C16H19N5O2/c1-4-11-6-8-12(9-7-11)14-13(15(22)23-5-2)10(3)17-16-18-19-20-21(14)16/h6-9,14H,4-5H2,1-3H3,(H,17,18,20)/t14-/m1/s1. The van der Waals surface area contributed by atoms with Crippen LogP contribution in [0.4, 0.5) is 5.95 Å². The maximum Gasteiger partial charge on any atom is 0.338 e. The number of aryl methyl sites for hydroxylation is 1. The number of anilines is 1. The fourth-order valence-corrected chi connectivity index (χ4v) is 2.73. The summed E-state index contributed by atoms with van der Waals surface area (Å²) in [5, 5.41) is 14.8. The van der Waals surface area contributed by atoms with Gasteiger partial charge in [0.25, 0.3) is 0 Å². The summed E-state index contributed by atoms with van der Waals surface area (Å²) in [5.41, 5.74) is 3.41. The Morgan fingerprint density at radius 3 is 2.70 bits per heavy atom. The highest BCUT2D eigenvalue weighted by Crippen LogP contribution is 2.34. The number of carbonyl (C=O) groups is 1. The number of aromatic nitrogens is 4. The summed E-state index contributed by atoms with van der Waals surface area (Å²) in [6.07, 6.45) is 0.961. The lowest BCUT2D eigenvalue weighted by Gasteiger charge is -2.27. The van der Waals surface area contributed by atoms with Crippen molar-refractivity contribution in [2.75, 3.05) is 11.9 Å². The second-order valence-electron chi connectivity index (χ2n) is 5.33. The third-order valence-corrected chi connectivity index (χ3v) is 3.91. The van der Waals surface area contributed by atoms with Crippen LogP contribution in [-0.4, -0.2) is 32.8 Å². The van der Waals surface area contributed by atoms with Gasteiger partial charge in [-0.1, -0.05) is 36.3 Å². The number of hydrogen-bond donors (Lipinski definition) is 1. The minimum absolute atomic E-state index is 0.319. The molecule has 7 heteroatoms. The van der Waals surface area contributed by atoms with Crippen LogP contribution < -0.4 is 5.32 Å². The molecule has 2 aromatic rings. The number of nitrogens with zero attached hydrogens (tertiary/aromatic N) is 4. The first-order valence-corrected chi connectivity index (χ1v) is 7.67. The number of carbonyl (C=O) groups excluding carboxylic acids is 1. The lowest BCUT2D eigenvalue weighted by Crippen LogP contribution is -2.29. The Kier molecular flexibility index (Phi) is 4.10. The molecule has 23 heavy (non-hydrogen) atoms. The molecule has 0 spiro atoms. The highest BCUT2D eigenvalue weighted by atomic mass is 16.5. The minimum atomic E-state index is -0.397. The first-order valence-electron chi connectivity index (χ1n) is 7.67. The van der Waals surface area contributed by atoms with E-state index in [0.717, 1.165) is 12.0 Å². The molecule has 0 amide bonds. The second kappa shape index (κ2) is 6.20. The van der Waals surface area contributed by atoms with Crippen LogP contribution in [-0.2, 0) is 16.0 Å². The van der Waals surface area contributed by atoms with Gasteiger partial charge in [0, 0.05) is 5.70 Å². The zero-order valence-electron chi connectivity index (χ0n) is 13.4. The van der Waals surface area contributed by atoms with Crippen molar-refractivity contribution in [1.29, 1.82) is 0 Å². The van der Waals surface area contributed by atoms with E-state index in [1.807, 2.05) is 19.1 Å². The van der Waals surface area contributed by atoms with Crippen molar-refractivity contribution in [3.05, 3.63) is 46.7 Å². The van der Waals surface area contributed by atoms with Crippen LogP contribution >= 0.6 is 0 Å². The van der Waals surface area contributed by atoms with Crippen LogP contribution in [0.5, 0.6) is 0 Å². The molecule has 1 aliphatic heterocycles. The monoisotopic (exact) mass is 313 g/mol. The zero-order valence-corrected chi connectivity index (χ0v) is 13.4. The molecule has 0 bridgehead atoms. The lowest BCUT2D eigenvalue weighted by atomic mass is 9.95. The number of tetrazole rings is 1. The van der Waals surface area contributed by atoms with Crippen LogP contribution in [0.2, 0.25) is 0 Å². The van der Waals surface area contributed by atoms with E-state index in [4.69, 9.17) is 4.74 Å². The molecule has 1 atom stereocenters. The number of esters is 1. The summed E-state index contributed by atoms with van der Waals surface area (Å²) in [6, 6.07) is 7.73. The average molecular weight is 313 g/mol. The molecule has 1 aliphatic rings. The summed E-state index contributed by atoms with van der Waals surface area (Å²) >= 11 is 0. The van der Waals surface area contributed by atoms with Crippen molar-refractivity contribution in [3.63, 3.8) is 0 Å². The smallest absolute Gasteiger partial charge is 0.338 e. The highest BCUT2D eigenvalue weighted by Gasteiger charge is 2.34. The molecule has 0 fully saturated rings. The van der Waals surface area contributed by atoms with Crippen molar-refractivity contribution in [1.82, 2.24) is 20.2 Å². The number of nitrogens with one attached hydrogen (secondary N) is 1. The van der Waals surface area contributed by atoms with E-state index >= 15 is 0 Å². The van der Waals surface area contributed by atoms with E-state index < -0.39 is 6.04 Å². The van der Waals surface area contributed by atoms with Gasteiger partial charge < -0.3 is 10.1 Å². The molecule has 1 aromatic carbocycles. The van der Waals surface area contributed by atoms with Gasteiger partial charge in [0.2, 0.25) is 5.95 Å². The fourth-order valence-electron chi connectivity index (χ4n) is 2.73. The van der Waals surface area contributed by atoms with Gasteiger partial charge in [-0.25, -0.2) is 4.79 Å². The second-order valence-corrected chi connectivity index (χ2v) is 5.33. The van der Waals surface area contributed by atoms with Crippen molar-refractivity contribution in [2.45, 2.75) is 33.2 Å². The lowest BCUT2D eigenvalue weighted by molar-refractivity contribution is -0.139. The van der Waals surface area contributed by atoms with Gasteiger partial charge in [0.15, 0.2) is 0 Å². The Labute approximate surface area is 134 Å². The van der Waals surface area contributed by atoms with Gasteiger partial charge in [-0.05, 0) is 41.8 Å². The quantitative estimate of drug-likeness (QED) is 0.870. The maximum atomic E-state index is 12.4. The van der Waals surface area contributed by atoms with E-state index in [1.165, 1.54) is 5.56 Å². The Bertz CT molecular complexity index is 748. The molecule has 3 rings (SSSR count). The molecule has 0 unspecified atom stereocenters. The van der Waals surface area contributed by atoms with Gasteiger partial charge in [0.05, 0.1) is 12.2 Å². The fraction of sp³-hybridized carbons (Fsp3) is 0.375. The normalized spacial score (nSPS) is 16.7. The molecule has 0 aliphatic carbocycles. The zero-order chi connectivity index (χ0) is 16.4. The van der Waals surface area contributed by atoms with Crippen molar-refractivity contribution in [2.24, 2.45) is 0 Å². The Balaban J connectivity index is 2.10. The van der Waals surface area contributed by atoms with Crippen LogP contribution in [0.15, 0.2) is 35.5 Å². The number of rotatable bonds is 4. The van der Waals surface area contributed by atoms with E-state index in [0.29, 0.717) is 23.8 Å². The molecule has 2 heterocycles. The average Bonchev–Trinajstić information content (AvgIpc) is 3.01. The molecule has 1 aromatic heterocycles. The van der Waals surface area contributed by atoms with Crippen molar-refractivity contribution >= 4 is 11.9 Å². The largest absolute Gasteiger partial charge is 0.463 e. The first kappa shape index (κ1) is 15.2. The summed E-state index contributed by atoms with van der Waals surface area (Å²) in [7, 11) is 0. The molecule has 1 N–H and O–H groups in total. The van der Waals surface area contributed by atoms with Gasteiger partial charge in [-0.2, -0.15) is 4.68 Å². The van der Waals surface area contributed by atoms with Crippen molar-refractivity contribution < 1.29 is 9.53 Å². The van der Waals surface area contributed by atoms with Crippen LogP contribution in [0.1, 0.15) is 37.9 Å². The minimum Gasteiger partial charge on any atom is -0.463 e. The number of allylic oxidation sites excluding steroid dienone is 1. The third-order valence-electron chi connectivity index (χ3n) is 3.91. The van der Waals surface area contributed by atoms with Gasteiger partial charge in [-0.15, -0.1) is 0 Å². The first-order chi connectivity index (χ1) is 11.2. The maximum absolute atomic E-state index is 12.4. The Morgan fingerprint density at radius 1 is 1.30 bits per heavy atom. The molecular formula is C16H19N5O2. The molecule has 0 saturated carbocycles. The topological polar surface area (TPSA) is 81.9 Å². The number of benzene rings is 1. The summed E-state index contributed by atoms with van der Waals surface area (Å²) in [6.45, 7) is 6.04. The predicted octanol–water partition coefficient (Wildman–Crippen LogP) is 2.09. The molecule has 0 radical (unpaired) electrons. The molecule has 120 valence electrons. The summed E-state index contributed by atoms with van der Waals surface area (Å²) in [5.74, 6) is 0.156. The van der Waals surface area contributed by atoms with E-state index in [9.17, 15) is 4.79 Å². The Hall–Kier alpha value is -2.70. The van der Waals surface area contributed by atoms with E-state index in [-0.39, 0.29) is 5.97 Å². The number of hydrogen-bond acceptors (Lipinski definition) is 6. The Morgan fingerprint density at radius 2 is 2.04 bits per heavy atom. The SMILES string of the molecule is CCOC(=O)C1=C(C)Nc2nnnn2[C@@H]1c1ccc(CC)cc1. The van der Waals surface area contributed by atoms with Gasteiger partial charge in [0.1, 0.15) is 6.04 Å². The van der Waals surface area contributed by atoms with Crippen LogP contribution in [0, 0.1) is 0 Å². The summed E-state index contributed by atoms with van der Waals surface area (Å²) in [4.78, 5) is 12.4. The molecular weight excluding hydrogens is 294 g/mol. The predicted molar refractivity (Wildman–Crippen MR) is 84.7 cm³/mol. The van der Waals surface area contributed by atoms with Crippen molar-refractivity contribution in [3.8, 4) is 0 Å². The number of ether oxygens (including phenoxy) is 1. The van der Waals surface area contributed by atoms with Crippen LogP contribution in [0.3, 0.4) is 0 Å². The van der Waals surface area contributed by atoms with Crippen LogP contribution in [0.25, 0.3) is 0 Å². The highest BCUT2D eigenvalue weighted by molar-refractivity contribution is 5.92. The van der Waals surface area contributed by atoms with Gasteiger partial charge >= 0.3 is 5.97 Å². The van der Waals surface area contributed by atoms with E-state index in [2.05, 4.69) is 39.9 Å². The summed E-state index contributed by atoms with van der Waals surface area (Å²) < 4.78 is 6.83. The molecule has 0 saturated heterocycles. The van der Waals surface area contributed by atoms with E-state index in [1.54, 1.807) is 11.6 Å².